The lowest BCUT2D eigenvalue weighted by molar-refractivity contribution is -0.119. The van der Waals surface area contributed by atoms with Gasteiger partial charge in [-0.05, 0) is 24.3 Å². The molecule has 0 bridgehead atoms. The predicted octanol–water partition coefficient (Wildman–Crippen LogP) is 0.845. The van der Waals surface area contributed by atoms with Gasteiger partial charge in [-0.25, -0.2) is 4.39 Å². The molecule has 1 atom stereocenters. The third-order valence-electron chi connectivity index (χ3n) is 2.98. The Kier molecular flexibility index (Phi) is 6.87. The van der Waals surface area contributed by atoms with Gasteiger partial charge in [-0.3, -0.25) is 9.69 Å². The van der Waals surface area contributed by atoms with Crippen LogP contribution in [0.1, 0.15) is 0 Å². The van der Waals surface area contributed by atoms with Crippen LogP contribution in [-0.4, -0.2) is 49.7 Å². The Morgan fingerprint density at radius 1 is 1.45 bits per heavy atom. The lowest BCUT2D eigenvalue weighted by Gasteiger charge is -2.31. The van der Waals surface area contributed by atoms with Crippen LogP contribution in [0.5, 0.6) is 0 Å². The zero-order valence-electron chi connectivity index (χ0n) is 11.0. The molecule has 5 nitrogen and oxygen atoms in total. The molecular weight excluding hydrogens is 285 g/mol. The van der Waals surface area contributed by atoms with Crippen molar-refractivity contribution in [3.05, 3.63) is 30.1 Å². The number of ether oxygens (including phenoxy) is 1. The van der Waals surface area contributed by atoms with E-state index in [0.717, 1.165) is 0 Å². The maximum atomic E-state index is 12.7. The number of carbonyl (C=O) groups excluding carboxylic acids is 1. The Labute approximate surface area is 123 Å². The van der Waals surface area contributed by atoms with Crippen molar-refractivity contribution >= 4 is 24.0 Å². The largest absolute Gasteiger partial charge is 0.374 e. The van der Waals surface area contributed by atoms with Gasteiger partial charge in [0.25, 0.3) is 0 Å². The number of rotatable bonds is 4. The highest BCUT2D eigenvalue weighted by Gasteiger charge is 2.20. The molecule has 7 heteroatoms. The van der Waals surface area contributed by atoms with Crippen LogP contribution in [-0.2, 0) is 9.53 Å². The number of anilines is 1. The van der Waals surface area contributed by atoms with E-state index in [4.69, 9.17) is 10.5 Å². The van der Waals surface area contributed by atoms with Gasteiger partial charge >= 0.3 is 0 Å². The molecule has 2 rings (SSSR count). The summed E-state index contributed by atoms with van der Waals surface area (Å²) in [5.41, 5.74) is 6.14. The van der Waals surface area contributed by atoms with Crippen LogP contribution < -0.4 is 11.1 Å². The van der Waals surface area contributed by atoms with Crippen LogP contribution in [0.15, 0.2) is 24.3 Å². The molecule has 20 heavy (non-hydrogen) atoms. The average Bonchev–Trinajstić information content (AvgIpc) is 2.41. The van der Waals surface area contributed by atoms with Gasteiger partial charge in [-0.1, -0.05) is 0 Å². The molecule has 1 unspecified atom stereocenters. The van der Waals surface area contributed by atoms with Crippen LogP contribution >= 0.6 is 12.4 Å². The van der Waals surface area contributed by atoms with E-state index in [1.165, 1.54) is 24.3 Å². The van der Waals surface area contributed by atoms with Crippen molar-refractivity contribution in [1.29, 1.82) is 0 Å². The van der Waals surface area contributed by atoms with Gasteiger partial charge in [0, 0.05) is 25.3 Å². The maximum absolute atomic E-state index is 12.7. The smallest absolute Gasteiger partial charge is 0.238 e. The van der Waals surface area contributed by atoms with E-state index in [1.807, 2.05) is 4.90 Å². The molecule has 0 saturated carbocycles. The first-order valence-corrected chi connectivity index (χ1v) is 6.27. The molecule has 112 valence electrons. The molecule has 1 aromatic rings. The van der Waals surface area contributed by atoms with Crippen molar-refractivity contribution < 1.29 is 13.9 Å². The fourth-order valence-electron chi connectivity index (χ4n) is 2.00. The minimum atomic E-state index is -0.322. The van der Waals surface area contributed by atoms with Crippen LogP contribution in [0.2, 0.25) is 0 Å². The van der Waals surface area contributed by atoms with Gasteiger partial charge in [0.15, 0.2) is 0 Å². The molecule has 0 radical (unpaired) electrons. The number of hydrogen-bond acceptors (Lipinski definition) is 4. The number of morpholine rings is 1. The summed E-state index contributed by atoms with van der Waals surface area (Å²) >= 11 is 0. The molecule has 0 aliphatic carbocycles. The van der Waals surface area contributed by atoms with E-state index in [9.17, 15) is 9.18 Å². The molecule has 1 aliphatic rings. The molecule has 3 N–H and O–H groups in total. The number of nitrogens with one attached hydrogen (secondary N) is 1. The van der Waals surface area contributed by atoms with Crippen LogP contribution in [0.25, 0.3) is 0 Å². The Bertz CT molecular complexity index is 430. The summed E-state index contributed by atoms with van der Waals surface area (Å²) in [6.45, 7) is 2.71. The summed E-state index contributed by atoms with van der Waals surface area (Å²) in [6.07, 6.45) is -0.00706. The normalized spacial score (nSPS) is 19.2. The predicted molar refractivity (Wildman–Crippen MR) is 77.5 cm³/mol. The second kappa shape index (κ2) is 8.16. The summed E-state index contributed by atoms with van der Waals surface area (Å²) < 4.78 is 18.2. The van der Waals surface area contributed by atoms with Gasteiger partial charge in [-0.2, -0.15) is 0 Å². The highest BCUT2D eigenvalue weighted by molar-refractivity contribution is 5.92. The second-order valence-corrected chi connectivity index (χ2v) is 4.52. The van der Waals surface area contributed by atoms with E-state index in [0.29, 0.717) is 31.9 Å². The topological polar surface area (TPSA) is 67.6 Å². The van der Waals surface area contributed by atoms with Crippen molar-refractivity contribution in [2.24, 2.45) is 5.73 Å². The van der Waals surface area contributed by atoms with Crippen LogP contribution in [0.4, 0.5) is 10.1 Å². The Balaban J connectivity index is 0.00000200. The molecule has 1 aliphatic heterocycles. The lowest BCUT2D eigenvalue weighted by atomic mass is 10.2. The fourth-order valence-corrected chi connectivity index (χ4v) is 2.00. The molecule has 0 aromatic heterocycles. The van der Waals surface area contributed by atoms with Crippen LogP contribution in [0.3, 0.4) is 0 Å². The fraction of sp³-hybridized carbons (Fsp3) is 0.462. The minimum absolute atomic E-state index is 0. The minimum Gasteiger partial charge on any atom is -0.374 e. The molecule has 1 amide bonds. The van der Waals surface area contributed by atoms with E-state index < -0.39 is 0 Å². The number of carbonyl (C=O) groups is 1. The summed E-state index contributed by atoms with van der Waals surface area (Å²) in [5.74, 6) is -0.443. The van der Waals surface area contributed by atoms with Crippen molar-refractivity contribution in [3.8, 4) is 0 Å². The monoisotopic (exact) mass is 303 g/mol. The SMILES string of the molecule is Cl.NCC1CN(CC(=O)Nc2ccc(F)cc2)CCO1. The van der Waals surface area contributed by atoms with Crippen molar-refractivity contribution in [2.45, 2.75) is 6.10 Å². The maximum Gasteiger partial charge on any atom is 0.238 e. The first-order valence-electron chi connectivity index (χ1n) is 6.27. The number of nitrogens with two attached hydrogens (primary N) is 1. The molecule has 1 heterocycles. The summed E-state index contributed by atoms with van der Waals surface area (Å²) in [7, 11) is 0. The highest BCUT2D eigenvalue weighted by atomic mass is 35.5. The summed E-state index contributed by atoms with van der Waals surface area (Å²) in [4.78, 5) is 13.8. The number of nitrogens with zero attached hydrogens (tertiary/aromatic N) is 1. The second-order valence-electron chi connectivity index (χ2n) is 4.52. The number of amides is 1. The number of benzene rings is 1. The first kappa shape index (κ1) is 16.8. The molecule has 1 aromatic carbocycles. The molecular formula is C13H19ClFN3O2. The summed E-state index contributed by atoms with van der Waals surface area (Å²) in [6, 6.07) is 5.70. The highest BCUT2D eigenvalue weighted by Crippen LogP contribution is 2.09. The van der Waals surface area contributed by atoms with Gasteiger partial charge in [0.1, 0.15) is 5.82 Å². The van der Waals surface area contributed by atoms with E-state index in [2.05, 4.69) is 5.32 Å². The Morgan fingerprint density at radius 3 is 2.80 bits per heavy atom. The van der Waals surface area contributed by atoms with E-state index in [-0.39, 0.29) is 36.8 Å². The van der Waals surface area contributed by atoms with Crippen molar-refractivity contribution in [3.63, 3.8) is 0 Å². The average molecular weight is 304 g/mol. The van der Waals surface area contributed by atoms with E-state index >= 15 is 0 Å². The van der Waals surface area contributed by atoms with E-state index in [1.54, 1.807) is 0 Å². The number of halogens is 2. The first-order chi connectivity index (χ1) is 9.17. The zero-order valence-corrected chi connectivity index (χ0v) is 11.9. The Morgan fingerprint density at radius 2 is 2.15 bits per heavy atom. The molecule has 1 fully saturated rings. The molecule has 1 saturated heterocycles. The number of hydrogen-bond donors (Lipinski definition) is 2. The van der Waals surface area contributed by atoms with Gasteiger partial charge < -0.3 is 15.8 Å². The third kappa shape index (κ3) is 5.05. The lowest BCUT2D eigenvalue weighted by Crippen LogP contribution is -2.48. The van der Waals surface area contributed by atoms with Gasteiger partial charge in [0.05, 0.1) is 19.3 Å². The van der Waals surface area contributed by atoms with Crippen molar-refractivity contribution in [1.82, 2.24) is 4.90 Å². The third-order valence-corrected chi connectivity index (χ3v) is 2.98. The van der Waals surface area contributed by atoms with Gasteiger partial charge in [-0.15, -0.1) is 12.4 Å². The quantitative estimate of drug-likeness (QED) is 0.865. The molecule has 0 spiro atoms. The van der Waals surface area contributed by atoms with Crippen molar-refractivity contribution in [2.75, 3.05) is 38.1 Å². The zero-order chi connectivity index (χ0) is 13.7. The Hall–Kier alpha value is -1.21. The van der Waals surface area contributed by atoms with Gasteiger partial charge in [0.2, 0.25) is 5.91 Å². The van der Waals surface area contributed by atoms with Crippen LogP contribution in [0, 0.1) is 5.82 Å². The summed E-state index contributed by atoms with van der Waals surface area (Å²) in [5, 5.41) is 2.73. The standard InChI is InChI=1S/C13H18FN3O2.ClH/c14-10-1-3-11(4-2-10)16-13(18)9-17-5-6-19-12(7-15)8-17;/h1-4,12H,5-9,15H2,(H,16,18);1H.